The molecule has 362 valence electrons. The molecule has 11 nitrogen and oxygen atoms in total. The molecule has 0 saturated carbocycles. The molecule has 1 amide bonds. The zero-order valence-corrected chi connectivity index (χ0v) is 39.2. The van der Waals surface area contributed by atoms with Crippen LogP contribution in [0.4, 0.5) is 0 Å². The molecule has 8 N–H and O–H groups in total. The maximum Gasteiger partial charge on any atom is 0.249 e. The van der Waals surface area contributed by atoms with Gasteiger partial charge < -0.3 is 50.5 Å². The highest BCUT2D eigenvalue weighted by molar-refractivity contribution is 5.80. The predicted molar refractivity (Wildman–Crippen MR) is 247 cm³/mol. The molecule has 11 heteroatoms. The summed E-state index contributed by atoms with van der Waals surface area (Å²) in [6.07, 6.45) is 32.7. The van der Waals surface area contributed by atoms with Crippen LogP contribution in [0.25, 0.3) is 0 Å². The Morgan fingerprint density at radius 1 is 0.557 bits per heavy atom. The number of carbonyl (C=O) groups excluding carboxylic acids is 1. The second-order valence-electron chi connectivity index (χ2n) is 18.2. The molecule has 1 fully saturated rings. The Kier molecular flexibility index (Phi) is 38.3. The lowest BCUT2D eigenvalue weighted by atomic mass is 9.98. The number of nitrogens with one attached hydrogen (secondary N) is 1. The first-order valence-corrected chi connectivity index (χ1v) is 25.6. The average molecular weight is 872 g/mol. The minimum Gasteiger partial charge on any atom is -0.394 e. The number of hydrogen-bond donors (Lipinski definition) is 8. The summed E-state index contributed by atoms with van der Waals surface area (Å²) in [7, 11) is 0. The molecule has 0 aromatic heterocycles. The zero-order valence-electron chi connectivity index (χ0n) is 39.2. The third-order valence-corrected chi connectivity index (χ3v) is 12.6. The highest BCUT2D eigenvalue weighted by Crippen LogP contribution is 2.23. The van der Waals surface area contributed by atoms with Gasteiger partial charge in [-0.15, -0.1) is 0 Å². The topological polar surface area (TPSA) is 189 Å². The molecule has 0 aliphatic carbocycles. The minimum absolute atomic E-state index is 0.232. The van der Waals surface area contributed by atoms with Crippen LogP contribution in [-0.4, -0.2) is 110 Å². The van der Waals surface area contributed by atoms with Gasteiger partial charge in [-0.2, -0.15) is 0 Å². The number of unbranched alkanes of at least 4 members (excludes halogenated alkanes) is 29. The quantitative estimate of drug-likeness (QED) is 0.0217. The van der Waals surface area contributed by atoms with E-state index < -0.39 is 74.2 Å². The van der Waals surface area contributed by atoms with Crippen LogP contribution in [0, 0.1) is 0 Å². The largest absolute Gasteiger partial charge is 0.394 e. The van der Waals surface area contributed by atoms with Crippen molar-refractivity contribution in [2.45, 2.75) is 287 Å². The van der Waals surface area contributed by atoms with E-state index in [1.54, 1.807) is 0 Å². The van der Waals surface area contributed by atoms with Gasteiger partial charge in [-0.25, -0.2) is 0 Å². The van der Waals surface area contributed by atoms with Crippen LogP contribution in [0.5, 0.6) is 0 Å². The van der Waals surface area contributed by atoms with Gasteiger partial charge in [0, 0.05) is 0 Å². The fourth-order valence-electron chi connectivity index (χ4n) is 8.32. The Hall–Kier alpha value is -1.15. The van der Waals surface area contributed by atoms with Gasteiger partial charge in [0.2, 0.25) is 5.91 Å². The van der Waals surface area contributed by atoms with Crippen molar-refractivity contribution in [2.75, 3.05) is 13.2 Å². The van der Waals surface area contributed by atoms with E-state index in [0.717, 1.165) is 38.5 Å². The molecule has 1 aliphatic heterocycles. The molecule has 1 aliphatic rings. The molecular formula is C50H97NO10. The molecule has 0 spiro atoms. The highest BCUT2D eigenvalue weighted by atomic mass is 16.7. The Morgan fingerprint density at radius 3 is 1.39 bits per heavy atom. The van der Waals surface area contributed by atoms with Crippen LogP contribution in [0.1, 0.15) is 232 Å². The maximum absolute atomic E-state index is 13.1. The van der Waals surface area contributed by atoms with E-state index >= 15 is 0 Å². The third kappa shape index (κ3) is 29.8. The number of aliphatic hydroxyl groups is 7. The van der Waals surface area contributed by atoms with Crippen LogP contribution in [0.2, 0.25) is 0 Å². The molecule has 0 aromatic carbocycles. The van der Waals surface area contributed by atoms with E-state index in [0.29, 0.717) is 19.3 Å². The van der Waals surface area contributed by atoms with Crippen molar-refractivity contribution < 1.29 is 50.0 Å². The number of aliphatic hydroxyl groups excluding tert-OH is 7. The van der Waals surface area contributed by atoms with Gasteiger partial charge in [0.15, 0.2) is 6.29 Å². The first-order chi connectivity index (χ1) is 29.7. The Morgan fingerprint density at radius 2 is 0.951 bits per heavy atom. The number of ether oxygens (including phenoxy) is 2. The van der Waals surface area contributed by atoms with E-state index in [4.69, 9.17) is 9.47 Å². The summed E-state index contributed by atoms with van der Waals surface area (Å²) >= 11 is 0. The second-order valence-corrected chi connectivity index (χ2v) is 18.2. The number of rotatable bonds is 43. The van der Waals surface area contributed by atoms with Crippen LogP contribution in [-0.2, 0) is 14.3 Å². The standard InChI is InChI=1S/C50H97NO10/c1-3-5-7-9-11-13-15-17-18-19-20-21-22-23-24-25-26-28-29-31-33-35-37-42(53)45(55)41(40-60-50-48(58)47(57)46(56)44(39-52)61-50)51-49(59)43(54)38-36-34-32-30-27-16-14-12-10-8-6-4-2/h27,30,41-48,50,52-58H,3-26,28-29,31-40H2,1-2H3,(H,51,59)/b30-27-. The SMILES string of the molecule is CCCCCCCC/C=C\CCCCC(O)C(=O)NC(COC1OC(CO)C(O)C(O)C1O)C(O)C(O)CCCCCCCCCCCCCCCCCCCCCCCC. The summed E-state index contributed by atoms with van der Waals surface area (Å²) in [6.45, 7) is 3.44. The number of allylic oxidation sites excluding steroid dienone is 2. The van der Waals surface area contributed by atoms with E-state index in [2.05, 4.69) is 31.3 Å². The summed E-state index contributed by atoms with van der Waals surface area (Å²) in [6, 6.07) is -1.17. The summed E-state index contributed by atoms with van der Waals surface area (Å²) in [5.74, 6) is -0.711. The van der Waals surface area contributed by atoms with Gasteiger partial charge in [-0.3, -0.25) is 4.79 Å². The van der Waals surface area contributed by atoms with E-state index in [9.17, 15) is 40.5 Å². The van der Waals surface area contributed by atoms with Crippen LogP contribution >= 0.6 is 0 Å². The van der Waals surface area contributed by atoms with Gasteiger partial charge >= 0.3 is 0 Å². The molecule has 1 saturated heterocycles. The molecule has 0 radical (unpaired) electrons. The Bertz CT molecular complexity index is 1000. The van der Waals surface area contributed by atoms with Crippen LogP contribution in [0.3, 0.4) is 0 Å². The summed E-state index contributed by atoms with van der Waals surface area (Å²) in [5, 5.41) is 75.8. The predicted octanol–water partition coefficient (Wildman–Crippen LogP) is 9.23. The van der Waals surface area contributed by atoms with Gasteiger partial charge in [0.1, 0.15) is 36.6 Å². The third-order valence-electron chi connectivity index (χ3n) is 12.6. The lowest BCUT2D eigenvalue weighted by Crippen LogP contribution is -2.60. The zero-order chi connectivity index (χ0) is 44.8. The fourth-order valence-corrected chi connectivity index (χ4v) is 8.32. The van der Waals surface area contributed by atoms with Crippen molar-refractivity contribution in [2.24, 2.45) is 0 Å². The van der Waals surface area contributed by atoms with Crippen molar-refractivity contribution in [1.82, 2.24) is 5.32 Å². The van der Waals surface area contributed by atoms with Gasteiger partial charge in [0.25, 0.3) is 0 Å². The molecule has 9 atom stereocenters. The van der Waals surface area contributed by atoms with Crippen molar-refractivity contribution >= 4 is 5.91 Å². The summed E-state index contributed by atoms with van der Waals surface area (Å²) in [4.78, 5) is 13.1. The summed E-state index contributed by atoms with van der Waals surface area (Å²) in [5.41, 5.74) is 0. The number of hydrogen-bond acceptors (Lipinski definition) is 10. The lowest BCUT2D eigenvalue weighted by molar-refractivity contribution is -0.303. The molecule has 0 aromatic rings. The Labute approximate surface area is 372 Å². The van der Waals surface area contributed by atoms with E-state index in [-0.39, 0.29) is 6.42 Å². The fraction of sp³-hybridized carbons (Fsp3) is 0.940. The number of amides is 1. The van der Waals surface area contributed by atoms with E-state index in [1.807, 2.05) is 0 Å². The summed E-state index contributed by atoms with van der Waals surface area (Å²) < 4.78 is 11.1. The molecule has 1 rings (SSSR count). The van der Waals surface area contributed by atoms with E-state index in [1.165, 1.54) is 154 Å². The second kappa shape index (κ2) is 40.4. The molecule has 0 bridgehead atoms. The van der Waals surface area contributed by atoms with Crippen molar-refractivity contribution in [1.29, 1.82) is 0 Å². The highest BCUT2D eigenvalue weighted by Gasteiger charge is 2.44. The monoisotopic (exact) mass is 872 g/mol. The molecule has 1 heterocycles. The van der Waals surface area contributed by atoms with Gasteiger partial charge in [-0.05, 0) is 38.5 Å². The molecule has 9 unspecified atom stereocenters. The molecular weight excluding hydrogens is 775 g/mol. The van der Waals surface area contributed by atoms with Crippen LogP contribution < -0.4 is 5.32 Å². The first kappa shape index (κ1) is 57.9. The van der Waals surface area contributed by atoms with Crippen molar-refractivity contribution in [3.63, 3.8) is 0 Å². The van der Waals surface area contributed by atoms with Crippen molar-refractivity contribution in [3.05, 3.63) is 12.2 Å². The lowest BCUT2D eigenvalue weighted by Gasteiger charge is -2.40. The smallest absolute Gasteiger partial charge is 0.249 e. The van der Waals surface area contributed by atoms with Crippen LogP contribution in [0.15, 0.2) is 12.2 Å². The maximum atomic E-state index is 13.1. The molecule has 61 heavy (non-hydrogen) atoms. The number of carbonyl (C=O) groups is 1. The minimum atomic E-state index is -1.66. The van der Waals surface area contributed by atoms with Crippen molar-refractivity contribution in [3.8, 4) is 0 Å². The Balaban J connectivity index is 2.36. The average Bonchev–Trinajstić information content (AvgIpc) is 3.26. The first-order valence-electron chi connectivity index (χ1n) is 25.6. The van der Waals surface area contributed by atoms with Gasteiger partial charge in [0.05, 0.1) is 25.4 Å². The normalized spacial score (nSPS) is 21.5. The van der Waals surface area contributed by atoms with Gasteiger partial charge in [-0.1, -0.05) is 206 Å².